The quantitative estimate of drug-likeness (QED) is 0.897. The summed E-state index contributed by atoms with van der Waals surface area (Å²) in [4.78, 5) is 8.83. The molecule has 1 aliphatic rings. The Labute approximate surface area is 113 Å². The molecule has 1 fully saturated rings. The van der Waals surface area contributed by atoms with Crippen LogP contribution in [0.5, 0.6) is 5.88 Å². The fourth-order valence-electron chi connectivity index (χ4n) is 2.73. The normalized spacial score (nSPS) is 23.4. The summed E-state index contributed by atoms with van der Waals surface area (Å²) in [6, 6.07) is 7.71. The van der Waals surface area contributed by atoms with Gasteiger partial charge in [-0.05, 0) is 37.3 Å². The van der Waals surface area contributed by atoms with Crippen molar-refractivity contribution in [1.82, 2.24) is 9.97 Å². The molecule has 0 spiro atoms. The number of nitrogen functional groups attached to an aromatic ring is 1. The highest BCUT2D eigenvalue weighted by atomic mass is 16.5. The van der Waals surface area contributed by atoms with Crippen LogP contribution in [0.1, 0.15) is 32.6 Å². The molecule has 1 aromatic carbocycles. The third-order valence-electron chi connectivity index (χ3n) is 3.73. The van der Waals surface area contributed by atoms with Gasteiger partial charge in [0.1, 0.15) is 6.10 Å². The fourth-order valence-corrected chi connectivity index (χ4v) is 2.73. The number of para-hydroxylation sites is 2. The number of anilines is 1. The molecule has 1 saturated carbocycles. The second kappa shape index (κ2) is 5.03. The van der Waals surface area contributed by atoms with Gasteiger partial charge in [0.15, 0.2) is 5.82 Å². The Hall–Kier alpha value is -1.84. The molecule has 1 aliphatic carbocycles. The zero-order chi connectivity index (χ0) is 13.2. The predicted octanol–water partition coefficient (Wildman–Crippen LogP) is 3.17. The van der Waals surface area contributed by atoms with Crippen molar-refractivity contribution in [2.45, 2.75) is 38.7 Å². The zero-order valence-corrected chi connectivity index (χ0v) is 11.2. The van der Waals surface area contributed by atoms with E-state index in [1.165, 1.54) is 12.8 Å². The van der Waals surface area contributed by atoms with Crippen LogP contribution in [0.15, 0.2) is 24.3 Å². The highest BCUT2D eigenvalue weighted by Gasteiger charge is 2.21. The van der Waals surface area contributed by atoms with E-state index in [9.17, 15) is 0 Å². The van der Waals surface area contributed by atoms with Crippen molar-refractivity contribution in [3.05, 3.63) is 24.3 Å². The number of hydrogen-bond acceptors (Lipinski definition) is 4. The second-order valence-electron chi connectivity index (χ2n) is 5.41. The topological polar surface area (TPSA) is 61.0 Å². The Morgan fingerprint density at radius 2 is 1.89 bits per heavy atom. The number of benzene rings is 1. The molecular formula is C15H19N3O. The molecule has 19 heavy (non-hydrogen) atoms. The highest BCUT2D eigenvalue weighted by Crippen LogP contribution is 2.29. The van der Waals surface area contributed by atoms with Crippen LogP contribution in [0.2, 0.25) is 0 Å². The van der Waals surface area contributed by atoms with Crippen molar-refractivity contribution in [2.75, 3.05) is 5.73 Å². The van der Waals surface area contributed by atoms with Crippen LogP contribution in [-0.2, 0) is 0 Å². The molecule has 2 aromatic rings. The van der Waals surface area contributed by atoms with E-state index >= 15 is 0 Å². The SMILES string of the molecule is CC1CCCC(Oc2nc3ccccc3nc2N)C1. The summed E-state index contributed by atoms with van der Waals surface area (Å²) in [6.45, 7) is 2.27. The minimum atomic E-state index is 0.224. The molecule has 2 atom stereocenters. The Kier molecular flexibility index (Phi) is 3.23. The molecule has 0 aliphatic heterocycles. The van der Waals surface area contributed by atoms with E-state index in [0.29, 0.717) is 17.6 Å². The van der Waals surface area contributed by atoms with Gasteiger partial charge in [-0.2, -0.15) is 0 Å². The first-order valence-corrected chi connectivity index (χ1v) is 6.91. The first kappa shape index (κ1) is 12.2. The molecule has 2 N–H and O–H groups in total. The first-order valence-electron chi connectivity index (χ1n) is 6.91. The predicted molar refractivity (Wildman–Crippen MR) is 76.0 cm³/mol. The van der Waals surface area contributed by atoms with Gasteiger partial charge in [-0.1, -0.05) is 25.5 Å². The lowest BCUT2D eigenvalue weighted by atomic mass is 9.89. The number of fused-ring (bicyclic) bond motifs is 1. The Morgan fingerprint density at radius 3 is 2.63 bits per heavy atom. The van der Waals surface area contributed by atoms with Crippen LogP contribution < -0.4 is 10.5 Å². The van der Waals surface area contributed by atoms with Gasteiger partial charge in [0, 0.05) is 0 Å². The average Bonchev–Trinajstić information content (AvgIpc) is 2.40. The summed E-state index contributed by atoms with van der Waals surface area (Å²) >= 11 is 0. The Morgan fingerprint density at radius 1 is 1.16 bits per heavy atom. The van der Waals surface area contributed by atoms with Crippen LogP contribution in [0, 0.1) is 5.92 Å². The number of hydrogen-bond donors (Lipinski definition) is 1. The lowest BCUT2D eigenvalue weighted by molar-refractivity contribution is 0.125. The smallest absolute Gasteiger partial charge is 0.258 e. The summed E-state index contributed by atoms with van der Waals surface area (Å²) in [6.07, 6.45) is 4.89. The van der Waals surface area contributed by atoms with E-state index in [0.717, 1.165) is 23.9 Å². The van der Waals surface area contributed by atoms with Gasteiger partial charge in [0.2, 0.25) is 0 Å². The van der Waals surface area contributed by atoms with Crippen LogP contribution >= 0.6 is 0 Å². The summed E-state index contributed by atoms with van der Waals surface area (Å²) in [5.74, 6) is 1.59. The summed E-state index contributed by atoms with van der Waals surface area (Å²) < 4.78 is 5.97. The molecule has 0 radical (unpaired) electrons. The minimum Gasteiger partial charge on any atom is -0.472 e. The Balaban J connectivity index is 1.85. The second-order valence-corrected chi connectivity index (χ2v) is 5.41. The molecule has 0 saturated heterocycles. The van der Waals surface area contributed by atoms with Gasteiger partial charge in [0.25, 0.3) is 5.88 Å². The molecule has 4 heteroatoms. The Bertz CT molecular complexity index is 585. The van der Waals surface area contributed by atoms with E-state index in [1.807, 2.05) is 24.3 Å². The van der Waals surface area contributed by atoms with Crippen LogP contribution in [-0.4, -0.2) is 16.1 Å². The standard InChI is InChI=1S/C15H19N3O/c1-10-5-4-6-11(9-10)19-15-14(16)17-12-7-2-3-8-13(12)18-15/h2-3,7-8,10-11H,4-6,9H2,1H3,(H2,16,17). The summed E-state index contributed by atoms with van der Waals surface area (Å²) in [5.41, 5.74) is 7.58. The molecule has 0 bridgehead atoms. The molecule has 100 valence electrons. The molecule has 2 unspecified atom stereocenters. The molecule has 4 nitrogen and oxygen atoms in total. The zero-order valence-electron chi connectivity index (χ0n) is 11.2. The van der Waals surface area contributed by atoms with Gasteiger partial charge >= 0.3 is 0 Å². The number of nitrogens with two attached hydrogens (primary N) is 1. The number of aromatic nitrogens is 2. The molecule has 1 aromatic heterocycles. The van der Waals surface area contributed by atoms with Crippen LogP contribution in [0.3, 0.4) is 0 Å². The van der Waals surface area contributed by atoms with Crippen LogP contribution in [0.25, 0.3) is 11.0 Å². The maximum atomic E-state index is 5.97. The third-order valence-corrected chi connectivity index (χ3v) is 3.73. The summed E-state index contributed by atoms with van der Waals surface area (Å²) in [5, 5.41) is 0. The molecule has 0 amide bonds. The highest BCUT2D eigenvalue weighted by molar-refractivity contribution is 5.76. The average molecular weight is 257 g/mol. The number of ether oxygens (including phenoxy) is 1. The van der Waals surface area contributed by atoms with Crippen molar-refractivity contribution < 1.29 is 4.74 Å². The van der Waals surface area contributed by atoms with E-state index in [-0.39, 0.29) is 6.10 Å². The largest absolute Gasteiger partial charge is 0.472 e. The maximum absolute atomic E-state index is 5.97. The van der Waals surface area contributed by atoms with Gasteiger partial charge in [-0.3, -0.25) is 0 Å². The van der Waals surface area contributed by atoms with Gasteiger partial charge in [0.05, 0.1) is 11.0 Å². The van der Waals surface area contributed by atoms with Crippen molar-refractivity contribution in [1.29, 1.82) is 0 Å². The molecule has 1 heterocycles. The lowest BCUT2D eigenvalue weighted by Crippen LogP contribution is -2.25. The molecule has 3 rings (SSSR count). The number of rotatable bonds is 2. The van der Waals surface area contributed by atoms with E-state index in [2.05, 4.69) is 16.9 Å². The fraction of sp³-hybridized carbons (Fsp3) is 0.467. The van der Waals surface area contributed by atoms with Gasteiger partial charge in [-0.15, -0.1) is 0 Å². The van der Waals surface area contributed by atoms with Gasteiger partial charge in [-0.25, -0.2) is 9.97 Å². The van der Waals surface area contributed by atoms with Crippen molar-refractivity contribution in [3.8, 4) is 5.88 Å². The minimum absolute atomic E-state index is 0.224. The summed E-state index contributed by atoms with van der Waals surface area (Å²) in [7, 11) is 0. The van der Waals surface area contributed by atoms with Crippen molar-refractivity contribution in [2.24, 2.45) is 5.92 Å². The van der Waals surface area contributed by atoms with Crippen LogP contribution in [0.4, 0.5) is 5.82 Å². The van der Waals surface area contributed by atoms with E-state index in [4.69, 9.17) is 10.5 Å². The first-order chi connectivity index (χ1) is 9.22. The van der Waals surface area contributed by atoms with E-state index < -0.39 is 0 Å². The van der Waals surface area contributed by atoms with Gasteiger partial charge < -0.3 is 10.5 Å². The lowest BCUT2D eigenvalue weighted by Gasteiger charge is -2.27. The third kappa shape index (κ3) is 2.62. The van der Waals surface area contributed by atoms with Crippen molar-refractivity contribution in [3.63, 3.8) is 0 Å². The molecular weight excluding hydrogens is 238 g/mol. The maximum Gasteiger partial charge on any atom is 0.258 e. The van der Waals surface area contributed by atoms with Crippen molar-refractivity contribution >= 4 is 16.9 Å². The number of nitrogens with zero attached hydrogens (tertiary/aromatic N) is 2. The monoisotopic (exact) mass is 257 g/mol. The van der Waals surface area contributed by atoms with E-state index in [1.54, 1.807) is 0 Å².